The molecule has 3 heteroatoms. The van der Waals surface area contributed by atoms with Crippen molar-refractivity contribution in [1.29, 1.82) is 0 Å². The Hall–Kier alpha value is -2.03. The van der Waals surface area contributed by atoms with Crippen LogP contribution in [0.3, 0.4) is 0 Å². The first kappa shape index (κ1) is 9.21. The number of nitrogens with zero attached hydrogens (tertiary/aromatic N) is 1. The van der Waals surface area contributed by atoms with Gasteiger partial charge in [-0.1, -0.05) is 36.4 Å². The SMILES string of the molecule is NC(N)=NC1Cc2cccc3cccc1c23. The van der Waals surface area contributed by atoms with Gasteiger partial charge in [-0.3, -0.25) is 0 Å². The van der Waals surface area contributed by atoms with E-state index in [0.717, 1.165) is 6.42 Å². The smallest absolute Gasteiger partial charge is 0.186 e. The summed E-state index contributed by atoms with van der Waals surface area (Å²) in [6, 6.07) is 12.7. The molecule has 1 aliphatic carbocycles. The summed E-state index contributed by atoms with van der Waals surface area (Å²) in [5, 5.41) is 2.59. The van der Waals surface area contributed by atoms with Crippen LogP contribution in [0.25, 0.3) is 10.8 Å². The molecule has 4 N–H and O–H groups in total. The maximum Gasteiger partial charge on any atom is 0.186 e. The van der Waals surface area contributed by atoms with Crippen LogP contribution in [0.15, 0.2) is 41.4 Å². The fourth-order valence-corrected chi connectivity index (χ4v) is 2.51. The van der Waals surface area contributed by atoms with Gasteiger partial charge >= 0.3 is 0 Å². The fourth-order valence-electron chi connectivity index (χ4n) is 2.51. The lowest BCUT2D eigenvalue weighted by Gasteiger charge is -2.05. The molecule has 3 rings (SSSR count). The van der Waals surface area contributed by atoms with Gasteiger partial charge in [-0.15, -0.1) is 0 Å². The molecule has 16 heavy (non-hydrogen) atoms. The Balaban J connectivity index is 2.25. The summed E-state index contributed by atoms with van der Waals surface area (Å²) in [5.41, 5.74) is 13.5. The number of nitrogens with two attached hydrogens (primary N) is 2. The molecule has 3 nitrogen and oxygen atoms in total. The third-order valence-corrected chi connectivity index (χ3v) is 3.10. The van der Waals surface area contributed by atoms with Gasteiger partial charge in [-0.05, 0) is 28.3 Å². The summed E-state index contributed by atoms with van der Waals surface area (Å²) in [6.45, 7) is 0. The van der Waals surface area contributed by atoms with E-state index in [1.165, 1.54) is 21.9 Å². The number of hydrogen-bond acceptors (Lipinski definition) is 1. The highest BCUT2D eigenvalue weighted by molar-refractivity contribution is 5.91. The van der Waals surface area contributed by atoms with Crippen LogP contribution in [0.1, 0.15) is 17.2 Å². The Morgan fingerprint density at radius 3 is 2.62 bits per heavy atom. The number of hydrogen-bond donors (Lipinski definition) is 2. The third-order valence-electron chi connectivity index (χ3n) is 3.10. The van der Waals surface area contributed by atoms with Crippen LogP contribution in [0.5, 0.6) is 0 Å². The van der Waals surface area contributed by atoms with E-state index >= 15 is 0 Å². The van der Waals surface area contributed by atoms with E-state index in [1.54, 1.807) is 0 Å². The van der Waals surface area contributed by atoms with Crippen LogP contribution < -0.4 is 11.5 Å². The molecule has 1 unspecified atom stereocenters. The van der Waals surface area contributed by atoms with Gasteiger partial charge in [0, 0.05) is 0 Å². The van der Waals surface area contributed by atoms with Crippen molar-refractivity contribution in [2.75, 3.05) is 0 Å². The van der Waals surface area contributed by atoms with Gasteiger partial charge in [0.25, 0.3) is 0 Å². The Bertz CT molecular complexity index is 577. The van der Waals surface area contributed by atoms with Crippen LogP contribution in [0, 0.1) is 0 Å². The minimum Gasteiger partial charge on any atom is -0.370 e. The van der Waals surface area contributed by atoms with Crippen LogP contribution in [-0.4, -0.2) is 5.96 Å². The molecule has 0 aromatic heterocycles. The van der Waals surface area contributed by atoms with E-state index in [9.17, 15) is 0 Å². The van der Waals surface area contributed by atoms with E-state index in [4.69, 9.17) is 11.5 Å². The molecule has 0 heterocycles. The van der Waals surface area contributed by atoms with E-state index in [0.29, 0.717) is 0 Å². The highest BCUT2D eigenvalue weighted by atomic mass is 15.0. The second kappa shape index (κ2) is 3.23. The molecule has 1 atom stereocenters. The van der Waals surface area contributed by atoms with Gasteiger partial charge in [0.2, 0.25) is 0 Å². The molecular formula is C13H13N3. The Labute approximate surface area is 93.8 Å². The van der Waals surface area contributed by atoms with Crippen LogP contribution in [0.2, 0.25) is 0 Å². The van der Waals surface area contributed by atoms with Crippen LogP contribution in [0.4, 0.5) is 0 Å². The molecular weight excluding hydrogens is 198 g/mol. The highest BCUT2D eigenvalue weighted by Crippen LogP contribution is 2.38. The van der Waals surface area contributed by atoms with E-state index < -0.39 is 0 Å². The minimum absolute atomic E-state index is 0.0890. The van der Waals surface area contributed by atoms with E-state index in [-0.39, 0.29) is 12.0 Å². The van der Waals surface area contributed by atoms with Crippen molar-refractivity contribution in [3.8, 4) is 0 Å². The van der Waals surface area contributed by atoms with Gasteiger partial charge in [-0.25, -0.2) is 4.99 Å². The summed E-state index contributed by atoms with van der Waals surface area (Å²) >= 11 is 0. The van der Waals surface area contributed by atoms with Crippen LogP contribution in [-0.2, 0) is 6.42 Å². The van der Waals surface area contributed by atoms with Crippen molar-refractivity contribution < 1.29 is 0 Å². The Morgan fingerprint density at radius 2 is 1.88 bits per heavy atom. The van der Waals surface area contributed by atoms with Gasteiger partial charge in [0.15, 0.2) is 5.96 Å². The maximum absolute atomic E-state index is 5.46. The topological polar surface area (TPSA) is 64.4 Å². The van der Waals surface area contributed by atoms with Gasteiger partial charge in [0.05, 0.1) is 6.04 Å². The zero-order valence-electron chi connectivity index (χ0n) is 8.85. The number of aliphatic imine (C=N–C) groups is 1. The number of benzene rings is 2. The second-order valence-corrected chi connectivity index (χ2v) is 4.14. The van der Waals surface area contributed by atoms with Crippen LogP contribution >= 0.6 is 0 Å². The molecule has 0 aliphatic heterocycles. The zero-order valence-corrected chi connectivity index (χ0v) is 8.85. The lowest BCUT2D eigenvalue weighted by atomic mass is 10.1. The molecule has 2 aromatic rings. The first-order chi connectivity index (χ1) is 7.75. The Morgan fingerprint density at radius 1 is 1.12 bits per heavy atom. The molecule has 1 aliphatic rings. The van der Waals surface area contributed by atoms with Gasteiger partial charge in [-0.2, -0.15) is 0 Å². The average Bonchev–Trinajstić information content (AvgIpc) is 2.59. The van der Waals surface area contributed by atoms with Gasteiger partial charge < -0.3 is 11.5 Å². The maximum atomic E-state index is 5.46. The summed E-state index contributed by atoms with van der Waals surface area (Å²) < 4.78 is 0. The monoisotopic (exact) mass is 211 g/mol. The molecule has 2 aromatic carbocycles. The first-order valence-corrected chi connectivity index (χ1v) is 5.35. The van der Waals surface area contributed by atoms with Crippen molar-refractivity contribution >= 4 is 16.7 Å². The molecule has 0 saturated heterocycles. The quantitative estimate of drug-likeness (QED) is 0.557. The number of guanidine groups is 1. The molecule has 0 amide bonds. The van der Waals surface area contributed by atoms with Crippen molar-refractivity contribution in [1.82, 2.24) is 0 Å². The number of rotatable bonds is 1. The highest BCUT2D eigenvalue weighted by Gasteiger charge is 2.23. The third kappa shape index (κ3) is 1.25. The van der Waals surface area contributed by atoms with Crippen molar-refractivity contribution in [3.05, 3.63) is 47.5 Å². The largest absolute Gasteiger partial charge is 0.370 e. The minimum atomic E-state index is 0.0890. The van der Waals surface area contributed by atoms with Crippen molar-refractivity contribution in [3.63, 3.8) is 0 Å². The summed E-state index contributed by atoms with van der Waals surface area (Å²) in [7, 11) is 0. The lowest BCUT2D eigenvalue weighted by Crippen LogP contribution is -2.23. The van der Waals surface area contributed by atoms with Gasteiger partial charge in [0.1, 0.15) is 0 Å². The lowest BCUT2D eigenvalue weighted by molar-refractivity contribution is 0.756. The normalized spacial score (nSPS) is 17.6. The van der Waals surface area contributed by atoms with Crippen molar-refractivity contribution in [2.45, 2.75) is 12.5 Å². The predicted molar refractivity (Wildman–Crippen MR) is 66.2 cm³/mol. The molecule has 80 valence electrons. The Kier molecular flexibility index (Phi) is 1.86. The molecule has 0 radical (unpaired) electrons. The second-order valence-electron chi connectivity index (χ2n) is 4.14. The summed E-state index contributed by atoms with van der Waals surface area (Å²) in [5.74, 6) is 0.162. The molecule has 0 saturated carbocycles. The molecule has 0 spiro atoms. The summed E-state index contributed by atoms with van der Waals surface area (Å²) in [4.78, 5) is 4.29. The molecule has 0 fully saturated rings. The van der Waals surface area contributed by atoms with Crippen molar-refractivity contribution in [2.24, 2.45) is 16.5 Å². The average molecular weight is 211 g/mol. The molecule has 0 bridgehead atoms. The van der Waals surface area contributed by atoms with E-state index in [2.05, 4.69) is 41.4 Å². The predicted octanol–water partition coefficient (Wildman–Crippen LogP) is 1.71. The first-order valence-electron chi connectivity index (χ1n) is 5.35. The summed E-state index contributed by atoms with van der Waals surface area (Å²) in [6.07, 6.45) is 0.897. The fraction of sp³-hybridized carbons (Fsp3) is 0.154. The standard InChI is InChI=1S/C13H13N3/c14-13(15)16-11-7-9-5-1-3-8-4-2-6-10(11)12(8)9/h1-6,11H,7H2,(H4,14,15,16). The zero-order chi connectivity index (χ0) is 11.1. The van der Waals surface area contributed by atoms with E-state index in [1.807, 2.05) is 0 Å².